The monoisotopic (exact) mass is 529 g/mol. The first-order chi connectivity index (χ1) is 16.5. The summed E-state index contributed by atoms with van der Waals surface area (Å²) in [7, 11) is 0. The maximum Gasteiger partial charge on any atom is 0.471 e. The molecule has 1 saturated heterocycles. The van der Waals surface area contributed by atoms with Crippen molar-refractivity contribution in [2.24, 2.45) is 0 Å². The number of nitrogens with one attached hydrogen (secondary N) is 1. The number of anilines is 2. The van der Waals surface area contributed by atoms with Crippen molar-refractivity contribution < 1.29 is 31.6 Å². The highest BCUT2D eigenvalue weighted by Crippen LogP contribution is 2.32. The quantitative estimate of drug-likeness (QED) is 0.430. The zero-order valence-electron chi connectivity index (χ0n) is 17.8. The van der Waals surface area contributed by atoms with E-state index in [1.165, 1.54) is 36.4 Å². The summed E-state index contributed by atoms with van der Waals surface area (Å²) in [6.07, 6.45) is -4.93. The molecular formula is C23H17Cl2F4N3O3. The van der Waals surface area contributed by atoms with E-state index >= 15 is 0 Å². The second-order valence-corrected chi connectivity index (χ2v) is 8.53. The molecule has 0 saturated carbocycles. The van der Waals surface area contributed by atoms with Gasteiger partial charge in [0.2, 0.25) is 0 Å². The molecule has 1 aromatic heterocycles. The summed E-state index contributed by atoms with van der Waals surface area (Å²) in [6, 6.07) is 11.7. The summed E-state index contributed by atoms with van der Waals surface area (Å²) >= 11 is 11.9. The number of carbonyl (C=O) groups is 2. The van der Waals surface area contributed by atoms with Crippen LogP contribution in [0.15, 0.2) is 52.9 Å². The van der Waals surface area contributed by atoms with E-state index in [1.807, 2.05) is 0 Å². The van der Waals surface area contributed by atoms with Gasteiger partial charge in [-0.3, -0.25) is 9.59 Å². The summed E-state index contributed by atoms with van der Waals surface area (Å²) in [5.41, 5.74) is 1.32. The van der Waals surface area contributed by atoms with Crippen LogP contribution < -0.4 is 10.2 Å². The second kappa shape index (κ2) is 9.79. The predicted octanol–water partition coefficient (Wildman–Crippen LogP) is 5.86. The third-order valence-electron chi connectivity index (χ3n) is 5.39. The molecule has 4 rings (SSSR count). The number of amides is 2. The minimum atomic E-state index is -4.93. The van der Waals surface area contributed by atoms with Crippen LogP contribution in [-0.4, -0.2) is 49.1 Å². The highest BCUT2D eigenvalue weighted by Gasteiger charge is 2.43. The lowest BCUT2D eigenvalue weighted by molar-refractivity contribution is -0.185. The van der Waals surface area contributed by atoms with Gasteiger partial charge in [-0.2, -0.15) is 13.2 Å². The van der Waals surface area contributed by atoms with Gasteiger partial charge in [-0.05, 0) is 48.5 Å². The van der Waals surface area contributed by atoms with Crippen molar-refractivity contribution in [1.82, 2.24) is 4.90 Å². The van der Waals surface area contributed by atoms with Gasteiger partial charge >= 0.3 is 12.1 Å². The summed E-state index contributed by atoms with van der Waals surface area (Å²) in [5.74, 6) is -2.80. The minimum Gasteiger partial charge on any atom is -0.451 e. The van der Waals surface area contributed by atoms with E-state index in [1.54, 1.807) is 17.0 Å². The van der Waals surface area contributed by atoms with Gasteiger partial charge in [0.25, 0.3) is 5.91 Å². The summed E-state index contributed by atoms with van der Waals surface area (Å²) < 4.78 is 57.2. The Hall–Kier alpha value is -3.24. The van der Waals surface area contributed by atoms with Gasteiger partial charge in [0.15, 0.2) is 5.76 Å². The molecule has 0 bridgehead atoms. The van der Waals surface area contributed by atoms with E-state index in [0.717, 1.165) is 4.90 Å². The molecule has 2 heterocycles. The zero-order valence-corrected chi connectivity index (χ0v) is 19.3. The van der Waals surface area contributed by atoms with Gasteiger partial charge in [0.1, 0.15) is 11.6 Å². The smallest absolute Gasteiger partial charge is 0.451 e. The molecule has 0 radical (unpaired) electrons. The Morgan fingerprint density at radius 1 is 0.943 bits per heavy atom. The Morgan fingerprint density at radius 3 is 2.31 bits per heavy atom. The molecule has 6 nitrogen and oxygen atoms in total. The molecule has 1 aliphatic rings. The minimum absolute atomic E-state index is 0.0352. The van der Waals surface area contributed by atoms with E-state index in [-0.39, 0.29) is 37.0 Å². The van der Waals surface area contributed by atoms with Gasteiger partial charge < -0.3 is 19.5 Å². The molecule has 12 heteroatoms. The normalized spacial score (nSPS) is 14.2. The maximum atomic E-state index is 13.4. The maximum absolute atomic E-state index is 13.4. The van der Waals surface area contributed by atoms with Crippen LogP contribution in [0.2, 0.25) is 10.0 Å². The lowest BCUT2D eigenvalue weighted by Gasteiger charge is -2.37. The molecular weight excluding hydrogens is 513 g/mol. The molecule has 184 valence electrons. The van der Waals surface area contributed by atoms with E-state index < -0.39 is 23.8 Å². The van der Waals surface area contributed by atoms with Crippen LogP contribution in [0.25, 0.3) is 11.3 Å². The van der Waals surface area contributed by atoms with Gasteiger partial charge in [-0.15, -0.1) is 0 Å². The number of alkyl halides is 3. The van der Waals surface area contributed by atoms with Crippen LogP contribution in [0.3, 0.4) is 0 Å². The fourth-order valence-corrected chi connectivity index (χ4v) is 4.01. The van der Waals surface area contributed by atoms with Gasteiger partial charge in [-0.1, -0.05) is 23.2 Å². The topological polar surface area (TPSA) is 65.8 Å². The van der Waals surface area contributed by atoms with Crippen molar-refractivity contribution in [3.05, 3.63) is 70.2 Å². The van der Waals surface area contributed by atoms with Crippen molar-refractivity contribution in [3.63, 3.8) is 0 Å². The molecule has 0 unspecified atom stereocenters. The van der Waals surface area contributed by atoms with Crippen molar-refractivity contribution in [2.45, 2.75) is 6.18 Å². The van der Waals surface area contributed by atoms with Gasteiger partial charge in [0, 0.05) is 36.8 Å². The molecule has 2 aromatic carbocycles. The Balaban J connectivity index is 1.49. The van der Waals surface area contributed by atoms with Gasteiger partial charge in [0.05, 0.1) is 16.4 Å². The number of hydrogen-bond donors (Lipinski definition) is 1. The third kappa shape index (κ3) is 5.54. The number of furan rings is 1. The zero-order chi connectivity index (χ0) is 25.3. The van der Waals surface area contributed by atoms with Crippen LogP contribution in [-0.2, 0) is 4.79 Å². The average Bonchev–Trinajstić information content (AvgIpc) is 3.31. The van der Waals surface area contributed by atoms with Crippen LogP contribution >= 0.6 is 23.2 Å². The Bertz CT molecular complexity index is 1270. The van der Waals surface area contributed by atoms with Crippen molar-refractivity contribution in [2.75, 3.05) is 36.4 Å². The van der Waals surface area contributed by atoms with E-state index in [0.29, 0.717) is 27.7 Å². The fraction of sp³-hybridized carbons (Fsp3) is 0.217. The highest BCUT2D eigenvalue weighted by atomic mass is 35.5. The molecule has 0 spiro atoms. The second-order valence-electron chi connectivity index (χ2n) is 7.69. The molecule has 1 N–H and O–H groups in total. The Morgan fingerprint density at radius 2 is 1.66 bits per heavy atom. The molecule has 0 aliphatic carbocycles. The third-order valence-corrected chi connectivity index (χ3v) is 5.92. The van der Waals surface area contributed by atoms with Gasteiger partial charge in [-0.25, -0.2) is 4.39 Å². The van der Waals surface area contributed by atoms with E-state index in [2.05, 4.69) is 5.32 Å². The number of halogens is 6. The van der Waals surface area contributed by atoms with Crippen molar-refractivity contribution in [1.29, 1.82) is 0 Å². The average molecular weight is 530 g/mol. The number of rotatable bonds is 4. The first-order valence-electron chi connectivity index (χ1n) is 10.3. The van der Waals surface area contributed by atoms with E-state index in [4.69, 9.17) is 27.6 Å². The lowest BCUT2D eigenvalue weighted by Crippen LogP contribution is -2.52. The number of hydrogen-bond acceptors (Lipinski definition) is 4. The largest absolute Gasteiger partial charge is 0.471 e. The van der Waals surface area contributed by atoms with Crippen LogP contribution in [0, 0.1) is 5.82 Å². The van der Waals surface area contributed by atoms with Crippen molar-refractivity contribution >= 4 is 46.4 Å². The first kappa shape index (κ1) is 24.9. The lowest BCUT2D eigenvalue weighted by atomic mass is 10.2. The van der Waals surface area contributed by atoms with Crippen LogP contribution in [0.1, 0.15) is 10.6 Å². The summed E-state index contributed by atoms with van der Waals surface area (Å²) in [4.78, 5) is 26.8. The number of piperazine rings is 1. The standard InChI is InChI=1S/C23H17Cl2F4N3O3/c24-14-2-4-18(31-7-9-32(10-8-31)22(34)23(27,28)29)17(12-14)30-21(33)20-6-5-19(35-20)13-1-3-16(26)15(25)11-13/h1-6,11-12H,7-10H2,(H,30,33). The predicted molar refractivity (Wildman–Crippen MR) is 123 cm³/mol. The Labute approximate surface area is 207 Å². The fourth-order valence-electron chi connectivity index (χ4n) is 3.66. The molecule has 35 heavy (non-hydrogen) atoms. The summed E-state index contributed by atoms with van der Waals surface area (Å²) in [6.45, 7) is -0.00262. The highest BCUT2D eigenvalue weighted by molar-refractivity contribution is 6.31. The summed E-state index contributed by atoms with van der Waals surface area (Å²) in [5, 5.41) is 2.94. The Kier molecular flexibility index (Phi) is 6.95. The SMILES string of the molecule is O=C(Nc1cc(Cl)ccc1N1CCN(C(=O)C(F)(F)F)CC1)c1ccc(-c2ccc(F)c(Cl)c2)o1. The number of nitrogens with zero attached hydrogens (tertiary/aromatic N) is 2. The van der Waals surface area contributed by atoms with Crippen LogP contribution in [0.4, 0.5) is 28.9 Å². The molecule has 2 amide bonds. The van der Waals surface area contributed by atoms with Crippen LogP contribution in [0.5, 0.6) is 0 Å². The van der Waals surface area contributed by atoms with Crippen molar-refractivity contribution in [3.8, 4) is 11.3 Å². The van der Waals surface area contributed by atoms with E-state index in [9.17, 15) is 27.2 Å². The molecule has 3 aromatic rings. The number of carbonyl (C=O) groups excluding carboxylic acids is 2. The molecule has 1 aliphatic heterocycles. The molecule has 0 atom stereocenters. The molecule has 1 fully saturated rings. The first-order valence-corrected chi connectivity index (χ1v) is 11.1. The number of benzene rings is 2.